The first-order chi connectivity index (χ1) is 11.0. The zero-order valence-corrected chi connectivity index (χ0v) is 13.9. The SMILES string of the molecule is Cc1ccc(NC(=O)C2CCCN(C(=O)NC3CC3)C2)cc1C. The molecule has 1 heterocycles. The average Bonchev–Trinajstić information content (AvgIpc) is 3.35. The lowest BCUT2D eigenvalue weighted by molar-refractivity contribution is -0.121. The normalized spacial score (nSPS) is 21.0. The number of likely N-dealkylation sites (tertiary alicyclic amines) is 1. The first-order valence-corrected chi connectivity index (χ1v) is 8.46. The maximum Gasteiger partial charge on any atom is 0.317 e. The number of nitrogens with one attached hydrogen (secondary N) is 2. The highest BCUT2D eigenvalue weighted by Crippen LogP contribution is 2.22. The smallest absolute Gasteiger partial charge is 0.317 e. The number of piperidine rings is 1. The van der Waals surface area contributed by atoms with Gasteiger partial charge in [0.1, 0.15) is 0 Å². The molecule has 2 fully saturated rings. The molecule has 2 N–H and O–H groups in total. The minimum atomic E-state index is -0.129. The molecule has 2 aliphatic rings. The lowest BCUT2D eigenvalue weighted by atomic mass is 9.97. The molecule has 0 spiro atoms. The number of carbonyl (C=O) groups is 2. The summed E-state index contributed by atoms with van der Waals surface area (Å²) in [7, 11) is 0. The summed E-state index contributed by atoms with van der Waals surface area (Å²) in [5, 5.41) is 6.00. The molecule has 1 unspecified atom stereocenters. The van der Waals surface area contributed by atoms with Crippen LogP contribution >= 0.6 is 0 Å². The molecule has 124 valence electrons. The van der Waals surface area contributed by atoms with Crippen LogP contribution in [0.4, 0.5) is 10.5 Å². The van der Waals surface area contributed by atoms with E-state index in [1.54, 1.807) is 4.90 Å². The predicted molar refractivity (Wildman–Crippen MR) is 90.4 cm³/mol. The van der Waals surface area contributed by atoms with E-state index in [1.807, 2.05) is 25.1 Å². The second-order valence-electron chi connectivity index (χ2n) is 6.80. The lowest BCUT2D eigenvalue weighted by Crippen LogP contribution is -2.48. The van der Waals surface area contributed by atoms with Crippen molar-refractivity contribution in [3.63, 3.8) is 0 Å². The molecule has 1 atom stereocenters. The van der Waals surface area contributed by atoms with Crippen LogP contribution in [0.15, 0.2) is 18.2 Å². The van der Waals surface area contributed by atoms with Gasteiger partial charge in [-0.25, -0.2) is 4.79 Å². The van der Waals surface area contributed by atoms with E-state index in [2.05, 4.69) is 17.6 Å². The highest BCUT2D eigenvalue weighted by molar-refractivity contribution is 5.93. The van der Waals surface area contributed by atoms with Gasteiger partial charge in [0.25, 0.3) is 0 Å². The zero-order valence-electron chi connectivity index (χ0n) is 13.9. The lowest BCUT2D eigenvalue weighted by Gasteiger charge is -2.32. The number of anilines is 1. The Labute approximate surface area is 137 Å². The number of carbonyl (C=O) groups excluding carboxylic acids is 2. The Balaban J connectivity index is 1.57. The van der Waals surface area contributed by atoms with Crippen LogP contribution in [0.3, 0.4) is 0 Å². The van der Waals surface area contributed by atoms with E-state index >= 15 is 0 Å². The zero-order chi connectivity index (χ0) is 16.4. The molecule has 3 rings (SSSR count). The Morgan fingerprint density at radius 2 is 1.91 bits per heavy atom. The van der Waals surface area contributed by atoms with Gasteiger partial charge in [-0.3, -0.25) is 4.79 Å². The van der Waals surface area contributed by atoms with Gasteiger partial charge in [0.05, 0.1) is 5.92 Å². The van der Waals surface area contributed by atoms with Crippen LogP contribution in [-0.4, -0.2) is 36.0 Å². The third-order valence-corrected chi connectivity index (χ3v) is 4.76. The largest absolute Gasteiger partial charge is 0.335 e. The third-order valence-electron chi connectivity index (χ3n) is 4.76. The van der Waals surface area contributed by atoms with E-state index in [1.165, 1.54) is 5.56 Å². The standard InChI is InChI=1S/C18H25N3O2/c1-12-5-6-16(10-13(12)2)19-17(22)14-4-3-9-21(11-14)18(23)20-15-7-8-15/h5-6,10,14-15H,3-4,7-9,11H2,1-2H3,(H,19,22)(H,20,23). The van der Waals surface area contributed by atoms with E-state index in [0.717, 1.165) is 43.5 Å². The number of urea groups is 1. The van der Waals surface area contributed by atoms with E-state index < -0.39 is 0 Å². The minimum Gasteiger partial charge on any atom is -0.335 e. The Kier molecular flexibility index (Phi) is 4.55. The number of nitrogens with zero attached hydrogens (tertiary/aromatic N) is 1. The number of benzene rings is 1. The summed E-state index contributed by atoms with van der Waals surface area (Å²) < 4.78 is 0. The second-order valence-corrected chi connectivity index (χ2v) is 6.80. The molecule has 1 aromatic carbocycles. The summed E-state index contributed by atoms with van der Waals surface area (Å²) in [4.78, 5) is 26.4. The summed E-state index contributed by atoms with van der Waals surface area (Å²) in [5.74, 6) is -0.118. The van der Waals surface area contributed by atoms with Crippen molar-refractivity contribution in [2.75, 3.05) is 18.4 Å². The quantitative estimate of drug-likeness (QED) is 0.901. The van der Waals surface area contributed by atoms with Crippen molar-refractivity contribution >= 4 is 17.6 Å². The van der Waals surface area contributed by atoms with Crippen molar-refractivity contribution in [3.8, 4) is 0 Å². The predicted octanol–water partition coefficient (Wildman–Crippen LogP) is 2.83. The maximum absolute atomic E-state index is 12.5. The summed E-state index contributed by atoms with van der Waals surface area (Å²) in [6.07, 6.45) is 3.87. The molecule has 1 aromatic rings. The monoisotopic (exact) mass is 315 g/mol. The summed E-state index contributed by atoms with van der Waals surface area (Å²) in [6, 6.07) is 6.28. The number of amides is 3. The minimum absolute atomic E-state index is 0.0113. The molecule has 5 nitrogen and oxygen atoms in total. The van der Waals surface area contributed by atoms with Crippen molar-refractivity contribution in [2.45, 2.75) is 45.6 Å². The van der Waals surface area contributed by atoms with Crippen LogP contribution < -0.4 is 10.6 Å². The van der Waals surface area contributed by atoms with Gasteiger partial charge in [0, 0.05) is 24.8 Å². The molecule has 0 bridgehead atoms. The van der Waals surface area contributed by atoms with E-state index in [0.29, 0.717) is 12.6 Å². The van der Waals surface area contributed by atoms with Gasteiger partial charge >= 0.3 is 6.03 Å². The molecule has 3 amide bonds. The molecule has 5 heteroatoms. The topological polar surface area (TPSA) is 61.4 Å². The van der Waals surface area contributed by atoms with Gasteiger partial charge in [-0.15, -0.1) is 0 Å². The fourth-order valence-corrected chi connectivity index (χ4v) is 2.93. The molecule has 1 aliphatic heterocycles. The number of rotatable bonds is 3. The van der Waals surface area contributed by atoms with E-state index in [-0.39, 0.29) is 17.9 Å². The average molecular weight is 315 g/mol. The Morgan fingerprint density at radius 1 is 1.13 bits per heavy atom. The molecule has 0 radical (unpaired) electrons. The Hall–Kier alpha value is -2.04. The molecule has 23 heavy (non-hydrogen) atoms. The Bertz CT molecular complexity index is 610. The molecule has 1 saturated heterocycles. The highest BCUT2D eigenvalue weighted by atomic mass is 16.2. The van der Waals surface area contributed by atoms with Gasteiger partial charge in [-0.2, -0.15) is 0 Å². The van der Waals surface area contributed by atoms with Crippen LogP contribution in [0.2, 0.25) is 0 Å². The van der Waals surface area contributed by atoms with E-state index in [9.17, 15) is 9.59 Å². The molecular formula is C18H25N3O2. The summed E-state index contributed by atoms with van der Waals surface area (Å²) in [6.45, 7) is 5.34. The highest BCUT2D eigenvalue weighted by Gasteiger charge is 2.31. The van der Waals surface area contributed by atoms with Crippen molar-refractivity contribution in [3.05, 3.63) is 29.3 Å². The van der Waals surface area contributed by atoms with Crippen LogP contribution in [0.25, 0.3) is 0 Å². The van der Waals surface area contributed by atoms with Gasteiger partial charge in [0.2, 0.25) is 5.91 Å². The number of hydrogen-bond donors (Lipinski definition) is 2. The Morgan fingerprint density at radius 3 is 2.61 bits per heavy atom. The van der Waals surface area contributed by atoms with Gasteiger partial charge in [0.15, 0.2) is 0 Å². The second kappa shape index (κ2) is 6.60. The molecular weight excluding hydrogens is 290 g/mol. The van der Waals surface area contributed by atoms with Gasteiger partial charge in [-0.1, -0.05) is 6.07 Å². The number of hydrogen-bond acceptors (Lipinski definition) is 2. The third kappa shape index (κ3) is 4.03. The van der Waals surface area contributed by atoms with Crippen molar-refractivity contribution in [1.29, 1.82) is 0 Å². The fourth-order valence-electron chi connectivity index (χ4n) is 2.93. The first-order valence-electron chi connectivity index (χ1n) is 8.46. The summed E-state index contributed by atoms with van der Waals surface area (Å²) in [5.41, 5.74) is 3.21. The molecule has 1 saturated carbocycles. The van der Waals surface area contributed by atoms with Gasteiger partial charge < -0.3 is 15.5 Å². The van der Waals surface area contributed by atoms with Crippen molar-refractivity contribution in [2.24, 2.45) is 5.92 Å². The maximum atomic E-state index is 12.5. The molecule has 0 aromatic heterocycles. The van der Waals surface area contributed by atoms with Crippen LogP contribution in [-0.2, 0) is 4.79 Å². The summed E-state index contributed by atoms with van der Waals surface area (Å²) >= 11 is 0. The van der Waals surface area contributed by atoms with E-state index in [4.69, 9.17) is 0 Å². The molecule has 1 aliphatic carbocycles. The van der Waals surface area contributed by atoms with Crippen molar-refractivity contribution < 1.29 is 9.59 Å². The van der Waals surface area contributed by atoms with Crippen LogP contribution in [0.1, 0.15) is 36.8 Å². The fraction of sp³-hybridized carbons (Fsp3) is 0.556. The van der Waals surface area contributed by atoms with Crippen LogP contribution in [0.5, 0.6) is 0 Å². The van der Waals surface area contributed by atoms with Crippen LogP contribution in [0, 0.1) is 19.8 Å². The van der Waals surface area contributed by atoms with Crippen molar-refractivity contribution in [1.82, 2.24) is 10.2 Å². The van der Waals surface area contributed by atoms with Gasteiger partial charge in [-0.05, 0) is 62.8 Å². The number of aryl methyl sites for hydroxylation is 2. The first kappa shape index (κ1) is 15.8.